The van der Waals surface area contributed by atoms with E-state index in [0.29, 0.717) is 51.4 Å². The Morgan fingerprint density at radius 3 is 2.33 bits per heavy atom. The molecule has 0 aromatic heterocycles. The van der Waals surface area contributed by atoms with E-state index in [1.54, 1.807) is 12.1 Å². The van der Waals surface area contributed by atoms with Crippen LogP contribution in [0.2, 0.25) is 0 Å². The fraction of sp³-hybridized carbons (Fsp3) is 0.519. The number of aliphatic hydroxyl groups excluding tert-OH is 1. The van der Waals surface area contributed by atoms with E-state index in [0.717, 1.165) is 10.0 Å². The van der Waals surface area contributed by atoms with Gasteiger partial charge in [0.15, 0.2) is 0 Å². The highest BCUT2D eigenvalue weighted by Gasteiger charge is 2.34. The minimum atomic E-state index is -4.18. The van der Waals surface area contributed by atoms with Gasteiger partial charge in [-0.3, -0.25) is 4.84 Å². The zero-order valence-electron chi connectivity index (χ0n) is 21.9. The molecule has 2 aromatic carbocycles. The normalized spacial score (nSPS) is 19.9. The molecule has 0 saturated carbocycles. The van der Waals surface area contributed by atoms with Crippen LogP contribution in [0, 0.1) is 0 Å². The Balaban J connectivity index is 1.55. The molecule has 2 aliphatic heterocycles. The summed E-state index contributed by atoms with van der Waals surface area (Å²) >= 11 is 0. The predicted octanol–water partition coefficient (Wildman–Crippen LogP) is 2.28. The molecule has 4 rings (SSSR count). The van der Waals surface area contributed by atoms with E-state index in [-0.39, 0.29) is 17.4 Å². The fourth-order valence-corrected chi connectivity index (χ4v) is 5.68. The molecule has 12 heteroatoms. The maximum Gasteiger partial charge on any atom is 0.407 e. The topological polar surface area (TPSA) is 133 Å². The molecule has 1 amide bonds. The highest BCUT2D eigenvalue weighted by Crippen LogP contribution is 2.24. The lowest BCUT2D eigenvalue weighted by Crippen LogP contribution is -2.51. The van der Waals surface area contributed by atoms with Crippen molar-refractivity contribution in [1.82, 2.24) is 9.79 Å². The minimum absolute atomic E-state index is 0.0178. The number of nitrogens with one attached hydrogen (secondary N) is 1. The molecular formula is C27H36N2O9S. The summed E-state index contributed by atoms with van der Waals surface area (Å²) in [4.78, 5) is 18.6. The molecule has 2 aliphatic rings. The molecule has 11 nitrogen and oxygen atoms in total. The van der Waals surface area contributed by atoms with E-state index in [9.17, 15) is 18.3 Å². The fourth-order valence-electron chi connectivity index (χ4n) is 4.38. The van der Waals surface area contributed by atoms with Crippen LogP contribution in [0.3, 0.4) is 0 Å². The summed E-state index contributed by atoms with van der Waals surface area (Å²) in [6, 6.07) is 14.3. The summed E-state index contributed by atoms with van der Waals surface area (Å²) in [5.41, 5.74) is 0.848. The first-order valence-corrected chi connectivity index (χ1v) is 14.5. The van der Waals surface area contributed by atoms with Crippen molar-refractivity contribution in [3.05, 3.63) is 60.2 Å². The first-order chi connectivity index (χ1) is 18.8. The standard InChI is InChI=1S/C27H36N2O9S/c1-34-21-7-9-24(10-8-21)39(32,33)29(38-22-11-14-35-15-12-22)18-26(30)25(17-20-5-3-2-4-6-20)28-27(31)37-23-13-16-36-19-23/h2-10,22-23,25-26,30H,11-19H2,1H3,(H,28,31)/t23?,25-,26+/m0/s1. The van der Waals surface area contributed by atoms with E-state index in [1.807, 2.05) is 30.3 Å². The third kappa shape index (κ3) is 8.37. The number of ether oxygens (including phenoxy) is 4. The van der Waals surface area contributed by atoms with Crippen LogP contribution in [0.25, 0.3) is 0 Å². The van der Waals surface area contributed by atoms with Crippen LogP contribution in [0.15, 0.2) is 59.5 Å². The van der Waals surface area contributed by atoms with Crippen molar-refractivity contribution in [3.8, 4) is 5.75 Å². The van der Waals surface area contributed by atoms with Crippen molar-refractivity contribution in [1.29, 1.82) is 0 Å². The molecule has 214 valence electrons. The molecule has 2 heterocycles. The van der Waals surface area contributed by atoms with Gasteiger partial charge < -0.3 is 29.4 Å². The molecule has 39 heavy (non-hydrogen) atoms. The molecule has 0 spiro atoms. The van der Waals surface area contributed by atoms with E-state index in [1.165, 1.54) is 19.2 Å². The van der Waals surface area contributed by atoms with Gasteiger partial charge in [-0.05, 0) is 49.1 Å². The van der Waals surface area contributed by atoms with Crippen LogP contribution in [0.4, 0.5) is 4.79 Å². The molecule has 2 aromatic rings. The van der Waals surface area contributed by atoms with Crippen LogP contribution in [0.5, 0.6) is 5.75 Å². The lowest BCUT2D eigenvalue weighted by atomic mass is 10.0. The Hall–Kier alpha value is -2.74. The molecule has 0 aliphatic carbocycles. The first-order valence-electron chi connectivity index (χ1n) is 13.0. The van der Waals surface area contributed by atoms with Gasteiger partial charge in [-0.15, -0.1) is 0 Å². The number of sulfonamides is 1. The van der Waals surface area contributed by atoms with Crippen LogP contribution >= 0.6 is 0 Å². The van der Waals surface area contributed by atoms with Gasteiger partial charge in [-0.1, -0.05) is 34.8 Å². The Labute approximate surface area is 228 Å². The van der Waals surface area contributed by atoms with E-state index in [4.69, 9.17) is 23.8 Å². The number of hydrogen-bond acceptors (Lipinski definition) is 9. The zero-order chi connectivity index (χ0) is 27.7. The number of carbonyl (C=O) groups excluding carboxylic acids is 1. The van der Waals surface area contributed by atoms with E-state index < -0.39 is 40.9 Å². The van der Waals surface area contributed by atoms with Crippen LogP contribution < -0.4 is 10.1 Å². The molecule has 2 N–H and O–H groups in total. The maximum atomic E-state index is 13.7. The molecule has 0 radical (unpaired) electrons. The van der Waals surface area contributed by atoms with Crippen LogP contribution in [-0.2, 0) is 35.5 Å². The van der Waals surface area contributed by atoms with Gasteiger partial charge in [0.05, 0.1) is 50.0 Å². The summed E-state index contributed by atoms with van der Waals surface area (Å²) in [7, 11) is -2.69. The summed E-state index contributed by atoms with van der Waals surface area (Å²) in [6.07, 6.45) is -0.975. The average Bonchev–Trinajstić information content (AvgIpc) is 3.46. The molecule has 1 unspecified atom stereocenters. The number of alkyl carbamates (subject to hydrolysis) is 1. The Morgan fingerprint density at radius 1 is 1.03 bits per heavy atom. The third-order valence-electron chi connectivity index (χ3n) is 6.62. The minimum Gasteiger partial charge on any atom is -0.497 e. The Kier molecular flexibility index (Phi) is 10.5. The maximum absolute atomic E-state index is 13.7. The van der Waals surface area contributed by atoms with Gasteiger partial charge in [0.1, 0.15) is 11.9 Å². The van der Waals surface area contributed by atoms with E-state index in [2.05, 4.69) is 5.32 Å². The smallest absolute Gasteiger partial charge is 0.407 e. The summed E-state index contributed by atoms with van der Waals surface area (Å²) in [6.45, 7) is 1.29. The number of hydroxylamine groups is 1. The number of amides is 1. The highest BCUT2D eigenvalue weighted by molar-refractivity contribution is 7.89. The second-order valence-corrected chi connectivity index (χ2v) is 11.3. The molecule has 0 bridgehead atoms. The summed E-state index contributed by atoms with van der Waals surface area (Å²) in [5.74, 6) is 0.504. The monoisotopic (exact) mass is 564 g/mol. The van der Waals surface area contributed by atoms with Crippen molar-refractivity contribution in [3.63, 3.8) is 0 Å². The molecule has 2 saturated heterocycles. The van der Waals surface area contributed by atoms with Gasteiger partial charge in [-0.2, -0.15) is 0 Å². The SMILES string of the molecule is COc1ccc(S(=O)(=O)N(C[C@@H](O)[C@H](Cc2ccccc2)NC(=O)OC2CCOC2)OC2CCOCC2)cc1. The predicted molar refractivity (Wildman–Crippen MR) is 141 cm³/mol. The Morgan fingerprint density at radius 2 is 1.69 bits per heavy atom. The average molecular weight is 565 g/mol. The largest absolute Gasteiger partial charge is 0.497 e. The second-order valence-electron chi connectivity index (χ2n) is 9.48. The van der Waals surface area contributed by atoms with Gasteiger partial charge >= 0.3 is 6.09 Å². The first kappa shape index (κ1) is 29.2. The highest BCUT2D eigenvalue weighted by atomic mass is 32.2. The number of rotatable bonds is 12. The van der Waals surface area contributed by atoms with Crippen molar-refractivity contribution < 1.29 is 42.1 Å². The van der Waals surface area contributed by atoms with Crippen LogP contribution in [-0.4, -0.2) is 88.5 Å². The quantitative estimate of drug-likeness (QED) is 0.373. The third-order valence-corrected chi connectivity index (χ3v) is 8.26. The number of nitrogens with zero attached hydrogens (tertiary/aromatic N) is 1. The van der Waals surface area contributed by atoms with Gasteiger partial charge in [0, 0.05) is 19.6 Å². The second kappa shape index (κ2) is 14.1. The van der Waals surface area contributed by atoms with Gasteiger partial charge in [0.2, 0.25) is 0 Å². The lowest BCUT2D eigenvalue weighted by Gasteiger charge is -2.32. The number of hydrogen-bond donors (Lipinski definition) is 2. The zero-order valence-corrected chi connectivity index (χ0v) is 22.8. The number of carbonyl (C=O) groups is 1. The van der Waals surface area contributed by atoms with Crippen LogP contribution in [0.1, 0.15) is 24.8 Å². The number of benzene rings is 2. The van der Waals surface area contributed by atoms with Gasteiger partial charge in [-0.25, -0.2) is 13.2 Å². The number of aliphatic hydroxyl groups is 1. The van der Waals surface area contributed by atoms with E-state index >= 15 is 0 Å². The Bertz CT molecular complexity index is 1140. The molecule has 3 atom stereocenters. The summed E-state index contributed by atoms with van der Waals surface area (Å²) in [5, 5.41) is 14.1. The molecular weight excluding hydrogens is 528 g/mol. The number of methoxy groups -OCH3 is 1. The molecule has 2 fully saturated rings. The van der Waals surface area contributed by atoms with Crippen molar-refractivity contribution in [2.24, 2.45) is 0 Å². The van der Waals surface area contributed by atoms with Crippen molar-refractivity contribution in [2.75, 3.05) is 40.1 Å². The van der Waals surface area contributed by atoms with Gasteiger partial charge in [0.25, 0.3) is 10.0 Å². The van der Waals surface area contributed by atoms with Crippen molar-refractivity contribution in [2.45, 2.75) is 54.9 Å². The lowest BCUT2D eigenvalue weighted by molar-refractivity contribution is -0.170. The summed E-state index contributed by atoms with van der Waals surface area (Å²) < 4.78 is 49.4. The van der Waals surface area contributed by atoms with Crippen molar-refractivity contribution >= 4 is 16.1 Å².